The van der Waals surface area contributed by atoms with Crippen LogP contribution in [0.1, 0.15) is 0 Å². The quantitative estimate of drug-likeness (QED) is 0.314. The Morgan fingerprint density at radius 3 is 1.56 bits per heavy atom. The molecule has 16 heavy (non-hydrogen) atoms. The van der Waals surface area contributed by atoms with Gasteiger partial charge in [-0.15, -0.1) is 63.7 Å². The van der Waals surface area contributed by atoms with Crippen LogP contribution in [0, 0.1) is 10.1 Å². The molecule has 0 aromatic heterocycles. The van der Waals surface area contributed by atoms with Crippen LogP contribution < -0.4 is 0 Å². The molecule has 15 heteroatoms. The molecule has 0 fully saturated rings. The van der Waals surface area contributed by atoms with Crippen LogP contribution >= 0.6 is 89.5 Å². The lowest BCUT2D eigenvalue weighted by molar-refractivity contribution is -0.749. The molecule has 0 saturated heterocycles. The van der Waals surface area contributed by atoms with Crippen LogP contribution in [-0.2, 0) is 4.84 Å². The first-order valence-electron chi connectivity index (χ1n) is 3.36. The van der Waals surface area contributed by atoms with Crippen molar-refractivity contribution in [3.8, 4) is 0 Å². The second-order valence-electron chi connectivity index (χ2n) is 1.91. The van der Waals surface area contributed by atoms with Crippen LogP contribution in [0.2, 0.25) is 0 Å². The first-order chi connectivity index (χ1) is 7.27. The summed E-state index contributed by atoms with van der Waals surface area (Å²) in [7, 11) is 19.9. The highest BCUT2D eigenvalue weighted by molar-refractivity contribution is 9.18. The van der Waals surface area contributed by atoms with Gasteiger partial charge in [-0.2, -0.15) is 0 Å². The summed E-state index contributed by atoms with van der Waals surface area (Å²) >= 11 is 0. The van der Waals surface area contributed by atoms with Gasteiger partial charge < -0.3 is 4.84 Å². The minimum atomic E-state index is -0.875. The summed E-state index contributed by atoms with van der Waals surface area (Å²) in [5.41, 5.74) is 0. The Morgan fingerprint density at radius 2 is 1.50 bits per heavy atom. The van der Waals surface area contributed by atoms with Crippen molar-refractivity contribution in [2.45, 2.75) is 0 Å². The average molecular weight is 431 g/mol. The molecule has 0 spiro atoms. The van der Waals surface area contributed by atoms with E-state index in [0.717, 1.165) is 15.1 Å². The minimum Gasteiger partial charge on any atom is -0.317 e. The van der Waals surface area contributed by atoms with Crippen molar-refractivity contribution < 1.29 is 9.92 Å². The molecular formula is CH16NO3P11. The number of rotatable bonds is 5. The summed E-state index contributed by atoms with van der Waals surface area (Å²) < 4.78 is 0. The number of hydrogen-bond donors (Lipinski definition) is 0. The van der Waals surface area contributed by atoms with Crippen molar-refractivity contribution in [3.63, 3.8) is 0 Å². The molecule has 0 heterocycles. The molecule has 0 aliphatic rings. The number of hydrogen-bond acceptors (Lipinski definition) is 3. The van der Waals surface area contributed by atoms with Gasteiger partial charge in [-0.3, -0.25) is 0 Å². The predicted molar refractivity (Wildman–Crippen MR) is 108 cm³/mol. The van der Waals surface area contributed by atoms with Crippen LogP contribution in [0.3, 0.4) is 0 Å². The zero-order chi connectivity index (χ0) is 13.3. The van der Waals surface area contributed by atoms with Crippen molar-refractivity contribution in [1.82, 2.24) is 0 Å². The Kier molecular flexibility index (Phi) is 19.3. The lowest BCUT2D eigenvalue weighted by Gasteiger charge is -2.29. The van der Waals surface area contributed by atoms with Gasteiger partial charge in [-0.25, -0.2) is 0 Å². The second kappa shape index (κ2) is 13.9. The van der Waals surface area contributed by atoms with Crippen molar-refractivity contribution in [2.75, 3.05) is 7.11 Å². The van der Waals surface area contributed by atoms with Crippen molar-refractivity contribution in [2.24, 2.45) is 0 Å². The SMILES string of the molecule is CO[N+](=O)[O-].PPP(P)P(P(P)P)P(P)P. The standard InChI is InChI=1S/CH3NO3.H13P11/c1-5-2(3)4;1-7-10(6)11(8(2)3)9(4)5/h1H3;7H,1-6H2. The van der Waals surface area contributed by atoms with E-state index in [2.05, 4.69) is 58.4 Å². The van der Waals surface area contributed by atoms with Gasteiger partial charge in [0.15, 0.2) is 0 Å². The molecule has 8 unspecified atom stereocenters. The third-order valence-corrected chi connectivity index (χ3v) is 59.9. The average Bonchev–Trinajstić information content (AvgIpc) is 2.17. The fraction of sp³-hybridized carbons (Fsp3) is 1.00. The van der Waals surface area contributed by atoms with Crippen LogP contribution in [-0.4, -0.2) is 12.2 Å². The van der Waals surface area contributed by atoms with Crippen LogP contribution in [0.25, 0.3) is 0 Å². The Bertz CT molecular complexity index is 178. The van der Waals surface area contributed by atoms with Gasteiger partial charge in [0.2, 0.25) is 0 Å². The molecule has 0 rings (SSSR count). The van der Waals surface area contributed by atoms with Crippen molar-refractivity contribution in [3.05, 3.63) is 10.1 Å². The molecule has 8 atom stereocenters. The highest BCUT2D eigenvalue weighted by Gasteiger charge is 2.22. The molecule has 4 nitrogen and oxygen atoms in total. The van der Waals surface area contributed by atoms with E-state index >= 15 is 0 Å². The predicted octanol–water partition coefficient (Wildman–Crippen LogP) is 5.82. The highest BCUT2D eigenvalue weighted by Crippen LogP contribution is 3.12. The molecule has 0 aromatic carbocycles. The fourth-order valence-corrected chi connectivity index (χ4v) is 95.6. The lowest BCUT2D eigenvalue weighted by atomic mass is 11.7. The molecule has 0 bridgehead atoms. The summed E-state index contributed by atoms with van der Waals surface area (Å²) in [5.74, 6) is 0. The first kappa shape index (κ1) is 22.2. The fourth-order valence-electron chi connectivity index (χ4n) is 0.393. The van der Waals surface area contributed by atoms with E-state index in [0.29, 0.717) is 0 Å². The van der Waals surface area contributed by atoms with Gasteiger partial charge in [0.1, 0.15) is 0 Å². The van der Waals surface area contributed by atoms with Crippen LogP contribution in [0.4, 0.5) is 0 Å². The minimum absolute atomic E-state index is 0.138. The summed E-state index contributed by atoms with van der Waals surface area (Å²) in [6, 6.07) is 0. The summed E-state index contributed by atoms with van der Waals surface area (Å²) in [4.78, 5) is 12.4. The first-order valence-corrected chi connectivity index (χ1v) is 22.6. The van der Waals surface area contributed by atoms with Crippen molar-refractivity contribution in [1.29, 1.82) is 0 Å². The molecule has 0 aliphatic heterocycles. The van der Waals surface area contributed by atoms with Gasteiger partial charge in [0.25, 0.3) is 5.09 Å². The normalized spacial score (nSPS) is 13.1. The monoisotopic (exact) mass is 431 g/mol. The molecule has 0 aromatic rings. The summed E-state index contributed by atoms with van der Waals surface area (Å²) in [5, 5.41) is 8.08. The third kappa shape index (κ3) is 12.9. The summed E-state index contributed by atoms with van der Waals surface area (Å²) in [6.07, 6.45) is 0. The van der Waals surface area contributed by atoms with E-state index in [-0.39, 0.29) is 27.9 Å². The van der Waals surface area contributed by atoms with E-state index in [9.17, 15) is 0 Å². The molecular weight excluding hydrogens is 415 g/mol. The topological polar surface area (TPSA) is 52.4 Å². The Hall–Kier alpha value is 3.93. The Balaban J connectivity index is 0. The van der Waals surface area contributed by atoms with Gasteiger partial charge in [-0.1, -0.05) is 7.96 Å². The third-order valence-electron chi connectivity index (χ3n) is 0.887. The lowest BCUT2D eigenvalue weighted by Crippen LogP contribution is -1.91. The van der Waals surface area contributed by atoms with Gasteiger partial charge >= 0.3 is 0 Å². The molecule has 0 radical (unpaired) electrons. The maximum absolute atomic E-state index is 8.95. The van der Waals surface area contributed by atoms with Gasteiger partial charge in [0, 0.05) is 0 Å². The zero-order valence-electron chi connectivity index (χ0n) is 8.42. The molecule has 0 aliphatic carbocycles. The largest absolute Gasteiger partial charge is 0.317 e. The van der Waals surface area contributed by atoms with E-state index in [4.69, 9.17) is 10.1 Å². The molecule has 0 saturated carbocycles. The number of nitrogens with zero attached hydrogens (tertiary/aromatic N) is 1. The van der Waals surface area contributed by atoms with E-state index in [1.807, 2.05) is 0 Å². The van der Waals surface area contributed by atoms with E-state index in [1.165, 1.54) is 0 Å². The van der Waals surface area contributed by atoms with E-state index in [1.54, 1.807) is 0 Å². The maximum atomic E-state index is 8.95. The van der Waals surface area contributed by atoms with Crippen LogP contribution in [0.15, 0.2) is 0 Å². The molecule has 0 N–H and O–H groups in total. The smallest absolute Gasteiger partial charge is 0.294 e. The van der Waals surface area contributed by atoms with E-state index < -0.39 is 5.09 Å². The molecule has 98 valence electrons. The second-order valence-corrected chi connectivity index (χ2v) is 41.0. The maximum Gasteiger partial charge on any atom is 0.294 e. The van der Waals surface area contributed by atoms with Gasteiger partial charge in [0.05, 0.1) is 7.11 Å². The van der Waals surface area contributed by atoms with Gasteiger partial charge in [-0.05, 0) is 27.9 Å². The Labute approximate surface area is 116 Å². The highest BCUT2D eigenvalue weighted by atomic mass is 33.2. The van der Waals surface area contributed by atoms with Crippen LogP contribution in [0.5, 0.6) is 0 Å². The summed E-state index contributed by atoms with van der Waals surface area (Å²) in [6.45, 7) is 0.763. The van der Waals surface area contributed by atoms with Crippen molar-refractivity contribution >= 4 is 89.5 Å². The Morgan fingerprint density at radius 1 is 1.19 bits per heavy atom. The zero-order valence-corrected chi connectivity index (χ0v) is 19.9. The molecule has 0 amide bonds.